The maximum atomic E-state index is 13.5. The number of nitrogens with zero attached hydrogens (tertiary/aromatic N) is 3. The Bertz CT molecular complexity index is 5710. The molecule has 3 aromatic rings. The fraction of sp³-hybridized carbons (Fsp3) is 0.708. The van der Waals surface area contributed by atoms with Crippen LogP contribution in [0.3, 0.4) is 0 Å². The number of esters is 3. The first kappa shape index (κ1) is 26.4. The van der Waals surface area contributed by atoms with Crippen LogP contribution in [0.5, 0.6) is 34.5 Å². The lowest BCUT2D eigenvalue weighted by atomic mass is 9.79. The summed E-state index contributed by atoms with van der Waals surface area (Å²) in [5.41, 5.74) is 9.67. The number of methoxy groups -OCH3 is 6. The standard InChI is InChI=1S/3C24H38N2O4/c3*1-14(2)9-17-13-26-8-7-16-10-21(28-5)22(29-6)11-18(16)19(26)12-20(17)30-24(27)23(25)15(3)4/h3*10-11,14-15,17,19-20,23H,7-9,12-13,25H2,1-6H3/t3*17?,19?,20?,23-/m000/s1/i1D3,5D3,7D2,8D2,9D2,10D,11D,12D2,13D2,14D,17D,19D,20D;1D3,7D2,8D2,9D2,10D,11D,12D2,13D2,14D,17D,19D,20D;1D3,7D2,8D2,9D2,10D,11D,12D2,13D2,14D,17D,19D/t3*14?,17?,19?,20?,23-. The van der Waals surface area contributed by atoms with Crippen molar-refractivity contribution in [2.75, 3.05) is 81.6 Å². The third kappa shape index (κ3) is 17.5. The second kappa shape index (κ2) is 32.5. The van der Waals surface area contributed by atoms with Gasteiger partial charge in [-0.1, -0.05) is 82.9 Å². The molecule has 12 unspecified atom stereocenters. The molecule has 90 heavy (non-hydrogen) atoms. The van der Waals surface area contributed by atoms with Gasteiger partial charge in [0.1, 0.15) is 36.4 Å². The van der Waals surface area contributed by atoms with E-state index in [0.29, 0.717) is 20.8 Å². The van der Waals surface area contributed by atoms with E-state index < -0.39 is 368 Å². The number of nitrogens with two attached hydrogens (primary N) is 3. The van der Waals surface area contributed by atoms with Gasteiger partial charge in [-0.2, -0.15) is 0 Å². The van der Waals surface area contributed by atoms with E-state index in [1.807, 2.05) is 0 Å². The number of benzene rings is 3. The quantitative estimate of drug-likeness (QED) is 0.0666. The molecule has 6 heterocycles. The second-order valence-electron chi connectivity index (χ2n) is 20.6. The number of carbonyl (C=O) groups excluding carboxylic acids is 3. The molecule has 0 aromatic heterocycles. The molecular formula is C72H114N6O12. The molecule has 3 fully saturated rings. The van der Waals surface area contributed by atoms with Crippen molar-refractivity contribution >= 4 is 17.9 Å². The number of fused-ring (bicyclic) bond motifs is 9. The minimum Gasteiger partial charge on any atom is -0.493 e. The van der Waals surface area contributed by atoms with Crippen LogP contribution in [0.4, 0.5) is 0 Å². The summed E-state index contributed by atoms with van der Waals surface area (Å²) in [6, 6.07) is -24.6. The molecular weight excluding hydrogens is 1140 g/mol. The first-order chi connectivity index (χ1) is 65.5. The summed E-state index contributed by atoms with van der Waals surface area (Å²) in [6.07, 6.45) is -49.6. The van der Waals surface area contributed by atoms with Crippen LogP contribution in [0, 0.1) is 53.1 Å². The van der Waals surface area contributed by atoms with Crippen molar-refractivity contribution in [3.8, 4) is 34.5 Å². The molecule has 0 bridgehead atoms. The minimum atomic E-state index is -4.69. The van der Waals surface area contributed by atoms with E-state index in [4.69, 9.17) is 113 Å². The van der Waals surface area contributed by atoms with Crippen molar-refractivity contribution in [2.24, 2.45) is 70.3 Å². The molecule has 18 nitrogen and oxygen atoms in total. The molecule has 0 spiro atoms. The zero-order valence-electron chi connectivity index (χ0n) is 111. The molecule has 0 amide bonds. The van der Waals surface area contributed by atoms with E-state index in [1.165, 1.54) is 41.5 Å². The first-order valence-corrected chi connectivity index (χ1v) is 27.3. The van der Waals surface area contributed by atoms with Crippen LogP contribution in [0.25, 0.3) is 0 Å². The zero-order chi connectivity index (χ0) is 118. The van der Waals surface area contributed by atoms with Gasteiger partial charge in [0.25, 0.3) is 0 Å². The van der Waals surface area contributed by atoms with Gasteiger partial charge in [-0.05, 0) is 143 Å². The number of rotatable bonds is 21. The summed E-state index contributed by atoms with van der Waals surface area (Å²) >= 11 is 0. The van der Waals surface area contributed by atoms with Gasteiger partial charge in [0, 0.05) is 156 Å². The van der Waals surface area contributed by atoms with E-state index in [2.05, 4.69) is 0 Å². The van der Waals surface area contributed by atoms with Crippen LogP contribution in [-0.4, -0.2) is 151 Å². The van der Waals surface area contributed by atoms with Crippen molar-refractivity contribution < 1.29 is 138 Å². The van der Waals surface area contributed by atoms with E-state index in [-0.39, 0.29) is 0 Å². The molecule has 6 aliphatic heterocycles. The molecule has 0 saturated carbocycles. The SMILES string of the molecule is [2H]c1c(OC([2H])([2H])[2H])c(OC)c([2H])c2c1C([2H])([2H])C([2H])([2H])N1C([2H])([2H])C([2H])(C([2H])([2H])C([2H])(C)C([2H])([2H])[2H])C([2H])(OC(=O)[C@@H](N)C(C)C)C([2H])([2H])C21[2H].[2H]c1c(OC)c(OC)c([2H])c2c1C([2H])([2H])C([2H])([2H])N1C([2H])([2H])C([2H])(C([2H])([2H])C([2H])(C)C([2H])([2H])[2H])C(OC(=O)[C@@H](N)C(C)C)C([2H])([2H])C21[2H].[2H]c1c(OC)c(OC)c([2H])c2c1C([2H])([2H])C([2H])([2H])N1C([2H])([2H])C([2H])(C([2H])([2H])C([2H])(C)C([2H])([2H])[2H])C([2H])(OC(=O)[C@@H](N)C(C)C)C([2H])([2H])C21[2H]. The molecule has 3 saturated heterocycles. The van der Waals surface area contributed by atoms with Crippen molar-refractivity contribution in [3.63, 3.8) is 0 Å². The molecule has 15 atom stereocenters. The lowest BCUT2D eigenvalue weighted by Gasteiger charge is -2.47. The summed E-state index contributed by atoms with van der Waals surface area (Å²) in [7, 11) is 1.24. The highest BCUT2D eigenvalue weighted by molar-refractivity contribution is 5.77. The predicted molar refractivity (Wildman–Crippen MR) is 353 cm³/mol. The van der Waals surface area contributed by atoms with Crippen molar-refractivity contribution in [3.05, 3.63) is 69.6 Å². The Labute approximate surface area is 622 Å². The van der Waals surface area contributed by atoms with Crippen LogP contribution in [0.15, 0.2) is 36.3 Å². The van der Waals surface area contributed by atoms with Crippen LogP contribution >= 0.6 is 0 Å². The molecule has 504 valence electrons. The molecule has 6 aliphatic rings. The van der Waals surface area contributed by atoms with Crippen LogP contribution < -0.4 is 45.6 Å². The van der Waals surface area contributed by atoms with Crippen LogP contribution in [-0.2, 0) is 47.7 Å². The Kier molecular flexibility index (Phi) is 9.54. The predicted octanol–water partition coefficient (Wildman–Crippen LogP) is 10.7. The van der Waals surface area contributed by atoms with Gasteiger partial charge in [0.15, 0.2) is 34.5 Å². The fourth-order valence-electron chi connectivity index (χ4n) is 7.94. The highest BCUT2D eigenvalue weighted by Crippen LogP contribution is 2.48. The summed E-state index contributed by atoms with van der Waals surface area (Å²) in [5.74, 6) is -37.2. The molecule has 6 N–H and O–H groups in total. The highest BCUT2D eigenvalue weighted by atomic mass is 16.6. The van der Waals surface area contributed by atoms with Crippen LogP contribution in [0.2, 0.25) is 0 Å². The largest absolute Gasteiger partial charge is 0.493 e. The van der Waals surface area contributed by atoms with Crippen LogP contribution in [0.1, 0.15) is 253 Å². The number of carbonyl (C=O) groups is 3. The van der Waals surface area contributed by atoms with Gasteiger partial charge in [-0.15, -0.1) is 0 Å². The van der Waals surface area contributed by atoms with Gasteiger partial charge in [-0.25, -0.2) is 0 Å². The van der Waals surface area contributed by atoms with Gasteiger partial charge in [-0.3, -0.25) is 29.1 Å². The first-order valence-electron chi connectivity index (χ1n) is 56.8. The Hall–Kier alpha value is -5.37. The fourth-order valence-corrected chi connectivity index (χ4v) is 7.94. The maximum absolute atomic E-state index is 13.5. The third-order valence-electron chi connectivity index (χ3n) is 12.9. The average Bonchev–Trinajstić information content (AvgIpc) is 0.630. The Morgan fingerprint density at radius 3 is 1.12 bits per heavy atom. The van der Waals surface area contributed by atoms with Crippen molar-refractivity contribution in [1.82, 2.24) is 14.7 Å². The minimum absolute atomic E-state index is 0.331. The average molecular weight is 1320 g/mol. The monoisotopic (exact) mass is 1310 g/mol. The van der Waals surface area contributed by atoms with Gasteiger partial charge in [0.2, 0.25) is 0 Å². The molecule has 3 aromatic carbocycles. The molecule has 0 radical (unpaired) electrons. The van der Waals surface area contributed by atoms with Crippen molar-refractivity contribution in [2.45, 2.75) is 195 Å². The summed E-state index contributed by atoms with van der Waals surface area (Å²) in [5, 5.41) is 0. The maximum Gasteiger partial charge on any atom is 0.323 e. The van der Waals surface area contributed by atoms with Crippen molar-refractivity contribution in [1.29, 1.82) is 0 Å². The normalized spacial score (nSPS) is 50.8. The Morgan fingerprint density at radius 2 is 0.800 bits per heavy atom. The highest BCUT2D eigenvalue weighted by Gasteiger charge is 2.45. The topological polar surface area (TPSA) is 222 Å². The Morgan fingerprint density at radius 1 is 0.500 bits per heavy atom. The second-order valence-corrected chi connectivity index (χ2v) is 20.6. The third-order valence-corrected chi connectivity index (χ3v) is 12.9. The summed E-state index contributed by atoms with van der Waals surface area (Å²) in [6.45, 7) is -27.7. The number of hydrogen-bond donors (Lipinski definition) is 3. The Balaban J connectivity index is 0.000000303. The molecule has 18 heteroatoms. The number of piperidine rings is 3. The lowest BCUT2D eigenvalue weighted by Crippen LogP contribution is -2.51. The van der Waals surface area contributed by atoms with Gasteiger partial charge in [0.05, 0.1) is 61.8 Å². The molecule has 0 aliphatic carbocycles. The summed E-state index contributed by atoms with van der Waals surface area (Å²) < 4.78 is 565. The zero-order valence-corrected chi connectivity index (χ0v) is 51.5. The van der Waals surface area contributed by atoms with Gasteiger partial charge >= 0.3 is 17.9 Å². The van der Waals surface area contributed by atoms with E-state index in [1.54, 1.807) is 0 Å². The number of hydrogen-bond acceptors (Lipinski definition) is 18. The molecule has 9 rings (SSSR count). The van der Waals surface area contributed by atoms with Gasteiger partial charge < -0.3 is 59.8 Å². The lowest BCUT2D eigenvalue weighted by molar-refractivity contribution is -0.161. The summed E-state index contributed by atoms with van der Waals surface area (Å²) in [4.78, 5) is 38.5. The van der Waals surface area contributed by atoms with E-state index in [9.17, 15) is 41.8 Å². The number of ether oxygens (including phenoxy) is 9. The van der Waals surface area contributed by atoms with E-state index >= 15 is 0 Å². The smallest absolute Gasteiger partial charge is 0.323 e. The van der Waals surface area contributed by atoms with E-state index in [0.717, 1.165) is 35.5 Å².